The summed E-state index contributed by atoms with van der Waals surface area (Å²) in [6.07, 6.45) is 3.20. The standard InChI is InChI=1S/C20H15N3O2S/c1-13-6-2-5-9-17(13)22-12-16-14-7-3-4-8-15(14)18(24)23(19(16)25)20-21-10-11-26-20/h2-12,25H,1H3. The summed E-state index contributed by atoms with van der Waals surface area (Å²) in [6.45, 7) is 1.97. The number of hydrogen-bond donors (Lipinski definition) is 1. The SMILES string of the molecule is Cc1ccccc1N=Cc1c(O)n(-c2nccs2)c(=O)c2ccccc12. The first-order valence-electron chi connectivity index (χ1n) is 8.03. The lowest BCUT2D eigenvalue weighted by molar-refractivity contribution is 0.436. The molecule has 0 aliphatic heterocycles. The van der Waals surface area contributed by atoms with Gasteiger partial charge in [0, 0.05) is 28.6 Å². The summed E-state index contributed by atoms with van der Waals surface area (Å²) >= 11 is 1.29. The Morgan fingerprint density at radius 2 is 1.85 bits per heavy atom. The molecule has 0 radical (unpaired) electrons. The van der Waals surface area contributed by atoms with Crippen LogP contribution in [0.3, 0.4) is 0 Å². The van der Waals surface area contributed by atoms with Crippen LogP contribution in [-0.2, 0) is 0 Å². The molecule has 0 saturated carbocycles. The van der Waals surface area contributed by atoms with Gasteiger partial charge < -0.3 is 5.11 Å². The Balaban J connectivity index is 2.00. The molecule has 5 nitrogen and oxygen atoms in total. The highest BCUT2D eigenvalue weighted by molar-refractivity contribution is 7.12. The van der Waals surface area contributed by atoms with Crippen LogP contribution in [0.1, 0.15) is 11.1 Å². The van der Waals surface area contributed by atoms with E-state index >= 15 is 0 Å². The van der Waals surface area contributed by atoms with Crippen LogP contribution in [0.4, 0.5) is 5.69 Å². The molecule has 0 fully saturated rings. The Kier molecular flexibility index (Phi) is 4.10. The third kappa shape index (κ3) is 2.70. The molecule has 4 rings (SSSR count). The summed E-state index contributed by atoms with van der Waals surface area (Å²) in [5.74, 6) is -0.166. The Labute approximate surface area is 153 Å². The second kappa shape index (κ2) is 6.57. The van der Waals surface area contributed by atoms with E-state index in [1.807, 2.05) is 43.3 Å². The van der Waals surface area contributed by atoms with E-state index < -0.39 is 0 Å². The first kappa shape index (κ1) is 16.2. The maximum Gasteiger partial charge on any atom is 0.267 e. The lowest BCUT2D eigenvalue weighted by atomic mass is 10.1. The fourth-order valence-electron chi connectivity index (χ4n) is 2.84. The number of para-hydroxylation sites is 1. The number of rotatable bonds is 3. The number of aromatic nitrogens is 2. The van der Waals surface area contributed by atoms with Gasteiger partial charge in [0.15, 0.2) is 5.13 Å². The Bertz CT molecular complexity index is 1180. The van der Waals surface area contributed by atoms with Crippen molar-refractivity contribution in [3.8, 4) is 11.0 Å². The van der Waals surface area contributed by atoms with E-state index in [0.717, 1.165) is 11.3 Å². The average molecular weight is 361 g/mol. The van der Waals surface area contributed by atoms with E-state index in [0.29, 0.717) is 21.5 Å². The second-order valence-corrected chi connectivity index (χ2v) is 6.66. The molecule has 26 heavy (non-hydrogen) atoms. The van der Waals surface area contributed by atoms with Gasteiger partial charge in [0.2, 0.25) is 5.88 Å². The van der Waals surface area contributed by atoms with Gasteiger partial charge in [0.05, 0.1) is 11.3 Å². The van der Waals surface area contributed by atoms with Gasteiger partial charge >= 0.3 is 0 Å². The molecule has 0 spiro atoms. The van der Waals surface area contributed by atoms with Crippen LogP contribution in [0.5, 0.6) is 5.88 Å². The Hall–Kier alpha value is -3.25. The van der Waals surface area contributed by atoms with E-state index in [2.05, 4.69) is 9.98 Å². The summed E-state index contributed by atoms with van der Waals surface area (Å²) in [5, 5.41) is 14.2. The number of pyridine rings is 1. The number of hydrogen-bond acceptors (Lipinski definition) is 5. The maximum absolute atomic E-state index is 12.9. The Morgan fingerprint density at radius 3 is 2.58 bits per heavy atom. The number of thiazole rings is 1. The zero-order chi connectivity index (χ0) is 18.1. The lowest BCUT2D eigenvalue weighted by Gasteiger charge is -2.11. The highest BCUT2D eigenvalue weighted by Crippen LogP contribution is 2.27. The molecular weight excluding hydrogens is 346 g/mol. The van der Waals surface area contributed by atoms with Crippen LogP contribution in [0.25, 0.3) is 15.9 Å². The molecule has 6 heteroatoms. The van der Waals surface area contributed by atoms with Crippen molar-refractivity contribution in [1.29, 1.82) is 0 Å². The smallest absolute Gasteiger partial charge is 0.267 e. The fourth-order valence-corrected chi connectivity index (χ4v) is 3.48. The summed E-state index contributed by atoms with van der Waals surface area (Å²) in [7, 11) is 0. The van der Waals surface area contributed by atoms with Gasteiger partial charge in [-0.3, -0.25) is 9.79 Å². The van der Waals surface area contributed by atoms with Crippen LogP contribution in [0, 0.1) is 6.92 Å². The molecule has 2 aromatic heterocycles. The quantitative estimate of drug-likeness (QED) is 0.556. The number of fused-ring (bicyclic) bond motifs is 1. The molecule has 2 aromatic carbocycles. The van der Waals surface area contributed by atoms with E-state index in [-0.39, 0.29) is 11.4 Å². The number of aryl methyl sites for hydroxylation is 1. The van der Waals surface area contributed by atoms with Crippen LogP contribution in [-0.4, -0.2) is 20.9 Å². The molecule has 4 aromatic rings. The number of aliphatic imine (C=N–C) groups is 1. The third-order valence-corrected chi connectivity index (χ3v) is 4.92. The van der Waals surface area contributed by atoms with Crippen molar-refractivity contribution in [3.63, 3.8) is 0 Å². The molecule has 0 amide bonds. The van der Waals surface area contributed by atoms with E-state index in [1.54, 1.807) is 29.9 Å². The maximum atomic E-state index is 12.9. The number of benzene rings is 2. The minimum atomic E-state index is -0.305. The zero-order valence-corrected chi connectivity index (χ0v) is 14.8. The first-order valence-corrected chi connectivity index (χ1v) is 8.91. The fraction of sp³-hybridized carbons (Fsp3) is 0.0500. The van der Waals surface area contributed by atoms with Crippen LogP contribution in [0.2, 0.25) is 0 Å². The molecule has 1 N–H and O–H groups in total. The summed E-state index contributed by atoms with van der Waals surface area (Å²) in [6, 6.07) is 14.9. The van der Waals surface area contributed by atoms with Crippen molar-refractivity contribution >= 4 is 34.0 Å². The van der Waals surface area contributed by atoms with Crippen molar-refractivity contribution in [2.24, 2.45) is 4.99 Å². The van der Waals surface area contributed by atoms with Gasteiger partial charge in [0.1, 0.15) is 0 Å². The highest BCUT2D eigenvalue weighted by Gasteiger charge is 2.17. The number of nitrogens with zero attached hydrogens (tertiary/aromatic N) is 3. The molecular formula is C20H15N3O2S. The minimum absolute atomic E-state index is 0.166. The van der Waals surface area contributed by atoms with Crippen molar-refractivity contribution in [2.75, 3.05) is 0 Å². The van der Waals surface area contributed by atoms with Gasteiger partial charge in [-0.15, -0.1) is 11.3 Å². The minimum Gasteiger partial charge on any atom is -0.494 e. The van der Waals surface area contributed by atoms with Gasteiger partial charge in [0.25, 0.3) is 5.56 Å². The topological polar surface area (TPSA) is 67.5 Å². The highest BCUT2D eigenvalue weighted by atomic mass is 32.1. The van der Waals surface area contributed by atoms with Crippen molar-refractivity contribution in [3.05, 3.63) is 81.6 Å². The van der Waals surface area contributed by atoms with Gasteiger partial charge in [-0.05, 0) is 24.6 Å². The molecule has 0 saturated heterocycles. The monoisotopic (exact) mass is 361 g/mol. The number of aromatic hydroxyl groups is 1. The van der Waals surface area contributed by atoms with Crippen molar-refractivity contribution in [2.45, 2.75) is 6.92 Å². The first-order chi connectivity index (χ1) is 12.7. The Morgan fingerprint density at radius 1 is 1.12 bits per heavy atom. The summed E-state index contributed by atoms with van der Waals surface area (Å²) in [5.41, 5.74) is 2.02. The average Bonchev–Trinajstić information content (AvgIpc) is 3.17. The van der Waals surface area contributed by atoms with E-state index in [9.17, 15) is 9.90 Å². The molecule has 0 unspecified atom stereocenters. The van der Waals surface area contributed by atoms with Gasteiger partial charge in [-0.25, -0.2) is 9.55 Å². The zero-order valence-electron chi connectivity index (χ0n) is 14.0. The molecule has 2 heterocycles. The molecule has 0 bridgehead atoms. The third-order valence-electron chi connectivity index (χ3n) is 4.16. The van der Waals surface area contributed by atoms with Crippen LogP contribution in [0.15, 0.2) is 69.9 Å². The summed E-state index contributed by atoms with van der Waals surface area (Å²) in [4.78, 5) is 21.5. The molecule has 0 aliphatic rings. The van der Waals surface area contributed by atoms with Crippen LogP contribution < -0.4 is 5.56 Å². The van der Waals surface area contributed by atoms with E-state index in [1.165, 1.54) is 15.9 Å². The van der Waals surface area contributed by atoms with Gasteiger partial charge in [-0.1, -0.05) is 36.4 Å². The lowest BCUT2D eigenvalue weighted by Crippen LogP contribution is -2.19. The molecule has 0 atom stereocenters. The van der Waals surface area contributed by atoms with Crippen LogP contribution >= 0.6 is 11.3 Å². The molecule has 128 valence electrons. The van der Waals surface area contributed by atoms with E-state index in [4.69, 9.17) is 0 Å². The predicted molar refractivity (Wildman–Crippen MR) is 105 cm³/mol. The molecule has 0 aliphatic carbocycles. The van der Waals surface area contributed by atoms with Gasteiger partial charge in [-0.2, -0.15) is 0 Å². The summed E-state index contributed by atoms with van der Waals surface area (Å²) < 4.78 is 1.23. The van der Waals surface area contributed by atoms with Crippen molar-refractivity contribution in [1.82, 2.24) is 9.55 Å². The predicted octanol–water partition coefficient (Wildman–Crippen LogP) is 4.21. The van der Waals surface area contributed by atoms with Crippen molar-refractivity contribution < 1.29 is 5.11 Å². The largest absolute Gasteiger partial charge is 0.494 e. The second-order valence-electron chi connectivity index (χ2n) is 5.78. The normalized spacial score (nSPS) is 11.4.